The zero-order chi connectivity index (χ0) is 12.3. The number of ether oxygens (including phenoxy) is 2. The topological polar surface area (TPSA) is 57.4 Å². The van der Waals surface area contributed by atoms with Gasteiger partial charge in [0.15, 0.2) is 0 Å². The summed E-state index contributed by atoms with van der Waals surface area (Å²) < 4.78 is 44.8. The summed E-state index contributed by atoms with van der Waals surface area (Å²) in [7, 11) is 1.34. The van der Waals surface area contributed by atoms with Crippen molar-refractivity contribution in [2.75, 3.05) is 7.11 Å². The lowest BCUT2D eigenvalue weighted by Crippen LogP contribution is -2.19. The van der Waals surface area contributed by atoms with Crippen molar-refractivity contribution in [3.8, 4) is 11.6 Å². The van der Waals surface area contributed by atoms with E-state index in [1.807, 2.05) is 0 Å². The molecule has 0 saturated carbocycles. The molecule has 0 fully saturated rings. The molecule has 16 heavy (non-hydrogen) atoms. The smallest absolute Gasteiger partial charge is 0.495 e. The van der Waals surface area contributed by atoms with E-state index >= 15 is 0 Å². The first kappa shape index (κ1) is 13.3. The Kier molecular flexibility index (Phi) is 4.19. The van der Waals surface area contributed by atoms with Gasteiger partial charge in [0.25, 0.3) is 0 Å². The van der Waals surface area contributed by atoms with Gasteiger partial charge in [-0.15, -0.1) is 13.2 Å². The third-order valence-electron chi connectivity index (χ3n) is 1.65. The van der Waals surface area contributed by atoms with Gasteiger partial charge in [-0.05, 0) is 22.6 Å². The van der Waals surface area contributed by atoms with Gasteiger partial charge in [-0.1, -0.05) is 0 Å². The second-order valence-electron chi connectivity index (χ2n) is 2.69. The van der Waals surface area contributed by atoms with Gasteiger partial charge < -0.3 is 15.2 Å². The van der Waals surface area contributed by atoms with E-state index in [1.165, 1.54) is 13.3 Å². The van der Waals surface area contributed by atoms with Gasteiger partial charge in [-0.3, -0.25) is 0 Å². The molecule has 0 aliphatic heterocycles. The highest BCUT2D eigenvalue weighted by molar-refractivity contribution is 14.1. The van der Waals surface area contributed by atoms with E-state index in [-0.39, 0.29) is 15.9 Å². The lowest BCUT2D eigenvalue weighted by atomic mass is 10.2. The minimum Gasteiger partial charge on any atom is -0.495 e. The van der Waals surface area contributed by atoms with Crippen LogP contribution in [0.5, 0.6) is 11.6 Å². The standard InChI is InChI=1S/C8H8F3IN2O2/c1-15-6-4(2-13)3-14-7(5(6)12)16-8(9,10)11/h3H,2,13H2,1H3. The molecule has 0 unspecified atom stereocenters. The molecule has 1 heterocycles. The molecular weight excluding hydrogens is 340 g/mol. The SMILES string of the molecule is COc1c(CN)cnc(OC(F)(F)F)c1I. The fourth-order valence-electron chi connectivity index (χ4n) is 1.04. The summed E-state index contributed by atoms with van der Waals surface area (Å²) in [5.74, 6) is -0.292. The number of nitrogens with zero attached hydrogens (tertiary/aromatic N) is 1. The van der Waals surface area contributed by atoms with E-state index in [0.29, 0.717) is 5.56 Å². The highest BCUT2D eigenvalue weighted by Gasteiger charge is 2.33. The molecule has 0 aromatic carbocycles. The highest BCUT2D eigenvalue weighted by Crippen LogP contribution is 2.33. The van der Waals surface area contributed by atoms with Crippen molar-refractivity contribution in [3.63, 3.8) is 0 Å². The van der Waals surface area contributed by atoms with Crippen molar-refractivity contribution >= 4 is 22.6 Å². The van der Waals surface area contributed by atoms with Crippen LogP contribution in [0.2, 0.25) is 0 Å². The number of halogens is 4. The first-order valence-corrected chi connectivity index (χ1v) is 5.14. The molecule has 1 rings (SSSR count). The number of hydrogen-bond acceptors (Lipinski definition) is 4. The van der Waals surface area contributed by atoms with Gasteiger partial charge in [0.1, 0.15) is 9.32 Å². The van der Waals surface area contributed by atoms with Crippen LogP contribution in [0.3, 0.4) is 0 Å². The normalized spacial score (nSPS) is 11.4. The molecule has 0 aliphatic rings. The van der Waals surface area contributed by atoms with E-state index < -0.39 is 12.2 Å². The number of hydrogen-bond donors (Lipinski definition) is 1. The predicted octanol–water partition coefficient (Wildman–Crippen LogP) is 2.05. The Bertz CT molecular complexity index is 384. The molecule has 0 spiro atoms. The summed E-state index contributed by atoms with van der Waals surface area (Å²) in [4.78, 5) is 3.53. The molecule has 0 aliphatic carbocycles. The summed E-state index contributed by atoms with van der Waals surface area (Å²) in [6, 6.07) is 0. The number of nitrogens with two attached hydrogens (primary N) is 1. The Balaban J connectivity index is 3.14. The maximum absolute atomic E-state index is 12.0. The van der Waals surface area contributed by atoms with Crippen LogP contribution >= 0.6 is 22.6 Å². The molecule has 8 heteroatoms. The lowest BCUT2D eigenvalue weighted by Gasteiger charge is -2.13. The summed E-state index contributed by atoms with van der Waals surface area (Å²) in [6.45, 7) is 0.123. The van der Waals surface area contributed by atoms with Crippen LogP contribution in [0, 0.1) is 3.57 Å². The molecule has 90 valence electrons. The Morgan fingerprint density at radius 2 is 2.12 bits per heavy atom. The van der Waals surface area contributed by atoms with Crippen LogP contribution in [0.1, 0.15) is 5.56 Å². The van der Waals surface area contributed by atoms with Gasteiger partial charge in [0.05, 0.1) is 7.11 Å². The maximum atomic E-state index is 12.0. The van der Waals surface area contributed by atoms with Gasteiger partial charge in [-0.25, -0.2) is 4.98 Å². The van der Waals surface area contributed by atoms with Crippen molar-refractivity contribution in [3.05, 3.63) is 15.3 Å². The minimum absolute atomic E-state index is 0.123. The second kappa shape index (κ2) is 5.04. The third-order valence-corrected chi connectivity index (χ3v) is 2.60. The van der Waals surface area contributed by atoms with Crippen molar-refractivity contribution in [1.82, 2.24) is 4.98 Å². The fourth-order valence-corrected chi connectivity index (χ4v) is 1.85. The molecule has 0 amide bonds. The summed E-state index contributed by atoms with van der Waals surface area (Å²) in [5.41, 5.74) is 5.90. The molecule has 2 N–H and O–H groups in total. The summed E-state index contributed by atoms with van der Waals surface area (Å²) in [6.07, 6.45) is -3.58. The maximum Gasteiger partial charge on any atom is 0.574 e. The number of methoxy groups -OCH3 is 1. The molecule has 0 saturated heterocycles. The predicted molar refractivity (Wildman–Crippen MR) is 58.1 cm³/mol. The number of rotatable bonds is 3. The molecule has 0 bridgehead atoms. The van der Waals surface area contributed by atoms with E-state index in [2.05, 4.69) is 9.72 Å². The number of pyridine rings is 1. The van der Waals surface area contributed by atoms with E-state index in [4.69, 9.17) is 10.5 Å². The largest absolute Gasteiger partial charge is 0.574 e. The number of aromatic nitrogens is 1. The fraction of sp³-hybridized carbons (Fsp3) is 0.375. The molecule has 1 aromatic heterocycles. The molecule has 0 atom stereocenters. The van der Waals surface area contributed by atoms with Crippen molar-refractivity contribution < 1.29 is 22.6 Å². The summed E-state index contributed by atoms with van der Waals surface area (Å²) in [5, 5.41) is 0. The third kappa shape index (κ3) is 3.11. The molecule has 1 aromatic rings. The van der Waals surface area contributed by atoms with Gasteiger partial charge >= 0.3 is 6.36 Å². The average Bonchev–Trinajstić information content (AvgIpc) is 2.19. The van der Waals surface area contributed by atoms with Crippen molar-refractivity contribution in [1.29, 1.82) is 0 Å². The first-order chi connectivity index (χ1) is 7.39. The minimum atomic E-state index is -4.78. The van der Waals surface area contributed by atoms with Crippen LogP contribution in [0.15, 0.2) is 6.20 Å². The van der Waals surface area contributed by atoms with E-state index in [9.17, 15) is 13.2 Å². The second-order valence-corrected chi connectivity index (χ2v) is 3.77. The Morgan fingerprint density at radius 1 is 1.50 bits per heavy atom. The Hall–Kier alpha value is -0.770. The highest BCUT2D eigenvalue weighted by atomic mass is 127. The number of alkyl halides is 3. The van der Waals surface area contributed by atoms with E-state index in [1.54, 1.807) is 22.6 Å². The average molecular weight is 348 g/mol. The molecule has 0 radical (unpaired) electrons. The van der Waals surface area contributed by atoms with Crippen LogP contribution in [-0.4, -0.2) is 18.5 Å². The lowest BCUT2D eigenvalue weighted by molar-refractivity contribution is -0.276. The van der Waals surface area contributed by atoms with Crippen LogP contribution in [0.4, 0.5) is 13.2 Å². The molecular formula is C8H8F3IN2O2. The zero-order valence-corrected chi connectivity index (χ0v) is 10.3. The van der Waals surface area contributed by atoms with Crippen molar-refractivity contribution in [2.24, 2.45) is 5.73 Å². The van der Waals surface area contributed by atoms with Crippen molar-refractivity contribution in [2.45, 2.75) is 12.9 Å². The summed E-state index contributed by atoms with van der Waals surface area (Å²) >= 11 is 1.66. The van der Waals surface area contributed by atoms with Crippen LogP contribution in [0.25, 0.3) is 0 Å². The monoisotopic (exact) mass is 348 g/mol. The Morgan fingerprint density at radius 3 is 2.56 bits per heavy atom. The van der Waals surface area contributed by atoms with Crippen LogP contribution < -0.4 is 15.2 Å². The van der Waals surface area contributed by atoms with E-state index in [0.717, 1.165) is 0 Å². The van der Waals surface area contributed by atoms with Crippen LogP contribution in [-0.2, 0) is 6.54 Å². The molecule has 4 nitrogen and oxygen atoms in total. The van der Waals surface area contributed by atoms with Gasteiger partial charge in [0.2, 0.25) is 5.88 Å². The Labute approximate surface area is 103 Å². The van der Waals surface area contributed by atoms with Gasteiger partial charge in [-0.2, -0.15) is 0 Å². The zero-order valence-electron chi connectivity index (χ0n) is 8.14. The first-order valence-electron chi connectivity index (χ1n) is 4.06. The van der Waals surface area contributed by atoms with Gasteiger partial charge in [0, 0.05) is 18.3 Å². The quantitative estimate of drug-likeness (QED) is 0.850.